The SMILES string of the molecule is OB1OCCc2ccc(CCc3ccno3)cc21. The first-order valence-corrected chi connectivity index (χ1v) is 6.14. The van der Waals surface area contributed by atoms with Gasteiger partial charge in [-0.1, -0.05) is 23.4 Å². The molecule has 0 radical (unpaired) electrons. The minimum atomic E-state index is -0.779. The second kappa shape index (κ2) is 4.96. The predicted octanol–water partition coefficient (Wildman–Crippen LogP) is 0.720. The zero-order chi connectivity index (χ0) is 12.4. The van der Waals surface area contributed by atoms with E-state index in [2.05, 4.69) is 17.3 Å². The maximum atomic E-state index is 9.79. The highest BCUT2D eigenvalue weighted by molar-refractivity contribution is 6.60. The van der Waals surface area contributed by atoms with Gasteiger partial charge in [-0.2, -0.15) is 0 Å². The highest BCUT2D eigenvalue weighted by atomic mass is 16.5. The molecule has 18 heavy (non-hydrogen) atoms. The molecule has 2 aromatic rings. The average Bonchev–Trinajstić information content (AvgIpc) is 2.90. The van der Waals surface area contributed by atoms with Crippen LogP contribution in [0.4, 0.5) is 0 Å². The lowest BCUT2D eigenvalue weighted by Gasteiger charge is -2.19. The van der Waals surface area contributed by atoms with Gasteiger partial charge in [-0.25, -0.2) is 0 Å². The lowest BCUT2D eigenvalue weighted by molar-refractivity contribution is 0.266. The number of hydrogen-bond donors (Lipinski definition) is 1. The van der Waals surface area contributed by atoms with Gasteiger partial charge in [0.1, 0.15) is 5.76 Å². The number of benzene rings is 1. The van der Waals surface area contributed by atoms with Gasteiger partial charge in [-0.15, -0.1) is 0 Å². The smallest absolute Gasteiger partial charge is 0.423 e. The quantitative estimate of drug-likeness (QED) is 0.807. The highest BCUT2D eigenvalue weighted by Gasteiger charge is 2.24. The maximum absolute atomic E-state index is 9.79. The molecule has 4 nitrogen and oxygen atoms in total. The lowest BCUT2D eigenvalue weighted by atomic mass is 9.73. The van der Waals surface area contributed by atoms with Crippen molar-refractivity contribution in [2.75, 3.05) is 6.61 Å². The largest absolute Gasteiger partial charge is 0.491 e. The normalized spacial score (nSPS) is 14.6. The number of aryl methyl sites for hydroxylation is 2. The number of rotatable bonds is 3. The summed E-state index contributed by atoms with van der Waals surface area (Å²) in [5, 5.41) is 13.5. The van der Waals surface area contributed by atoms with E-state index in [9.17, 15) is 5.02 Å². The molecule has 92 valence electrons. The summed E-state index contributed by atoms with van der Waals surface area (Å²) in [7, 11) is -0.779. The summed E-state index contributed by atoms with van der Waals surface area (Å²) < 4.78 is 10.3. The van der Waals surface area contributed by atoms with Crippen molar-refractivity contribution in [2.45, 2.75) is 19.3 Å². The van der Waals surface area contributed by atoms with E-state index in [0.29, 0.717) is 6.61 Å². The van der Waals surface area contributed by atoms with Crippen LogP contribution in [0.25, 0.3) is 0 Å². The van der Waals surface area contributed by atoms with Crippen LogP contribution >= 0.6 is 0 Å². The van der Waals surface area contributed by atoms with Crippen LogP contribution in [0.5, 0.6) is 0 Å². The van der Waals surface area contributed by atoms with Gasteiger partial charge in [0.2, 0.25) is 0 Å². The van der Waals surface area contributed by atoms with Gasteiger partial charge in [-0.05, 0) is 29.4 Å². The van der Waals surface area contributed by atoms with Gasteiger partial charge < -0.3 is 14.2 Å². The first-order chi connectivity index (χ1) is 8.83. The van der Waals surface area contributed by atoms with Crippen LogP contribution < -0.4 is 5.46 Å². The molecule has 1 aliphatic heterocycles. The zero-order valence-corrected chi connectivity index (χ0v) is 10.0. The summed E-state index contributed by atoms with van der Waals surface area (Å²) >= 11 is 0. The highest BCUT2D eigenvalue weighted by Crippen LogP contribution is 2.11. The Balaban J connectivity index is 1.75. The third-order valence-corrected chi connectivity index (χ3v) is 3.27. The van der Waals surface area contributed by atoms with E-state index in [1.165, 1.54) is 11.1 Å². The van der Waals surface area contributed by atoms with Crippen molar-refractivity contribution in [1.82, 2.24) is 5.16 Å². The lowest BCUT2D eigenvalue weighted by Crippen LogP contribution is -2.41. The van der Waals surface area contributed by atoms with Crippen molar-refractivity contribution in [3.8, 4) is 0 Å². The Bertz CT molecular complexity index is 527. The standard InChI is InChI=1S/C13H14BNO3/c16-14-13-9-10(1-3-11(13)6-8-17-14)2-4-12-5-7-15-18-12/h1,3,5,7,9,16H,2,4,6,8H2. The molecule has 0 fully saturated rings. The number of fused-ring (bicyclic) bond motifs is 1. The van der Waals surface area contributed by atoms with Crippen molar-refractivity contribution in [2.24, 2.45) is 0 Å². The van der Waals surface area contributed by atoms with Crippen molar-refractivity contribution < 1.29 is 14.2 Å². The van der Waals surface area contributed by atoms with E-state index in [-0.39, 0.29) is 0 Å². The zero-order valence-electron chi connectivity index (χ0n) is 10.0. The molecule has 0 saturated carbocycles. The monoisotopic (exact) mass is 243 g/mol. The van der Waals surface area contributed by atoms with E-state index in [1.807, 2.05) is 12.1 Å². The fraction of sp³-hybridized carbons (Fsp3) is 0.308. The van der Waals surface area contributed by atoms with Crippen molar-refractivity contribution in [3.63, 3.8) is 0 Å². The second-order valence-corrected chi connectivity index (χ2v) is 4.49. The Morgan fingerprint density at radius 3 is 3.06 bits per heavy atom. The van der Waals surface area contributed by atoms with Gasteiger partial charge in [0.05, 0.1) is 6.20 Å². The average molecular weight is 243 g/mol. The second-order valence-electron chi connectivity index (χ2n) is 4.49. The van der Waals surface area contributed by atoms with Crippen LogP contribution in [0.1, 0.15) is 16.9 Å². The molecule has 1 aromatic heterocycles. The Labute approximate surface area is 106 Å². The molecule has 0 atom stereocenters. The van der Waals surface area contributed by atoms with E-state index in [4.69, 9.17) is 9.18 Å². The Kier molecular flexibility index (Phi) is 3.17. The summed E-state index contributed by atoms with van der Waals surface area (Å²) in [6.45, 7) is 0.589. The van der Waals surface area contributed by atoms with E-state index >= 15 is 0 Å². The fourth-order valence-electron chi connectivity index (χ4n) is 2.27. The third-order valence-electron chi connectivity index (χ3n) is 3.27. The van der Waals surface area contributed by atoms with Crippen molar-refractivity contribution in [3.05, 3.63) is 47.3 Å². The third kappa shape index (κ3) is 2.32. The summed E-state index contributed by atoms with van der Waals surface area (Å²) in [4.78, 5) is 0. The predicted molar refractivity (Wildman–Crippen MR) is 67.6 cm³/mol. The molecule has 0 amide bonds. The molecule has 1 aliphatic rings. The molecular formula is C13H14BNO3. The molecule has 3 rings (SSSR count). The van der Waals surface area contributed by atoms with Gasteiger partial charge >= 0.3 is 7.12 Å². The van der Waals surface area contributed by atoms with Crippen LogP contribution in [-0.2, 0) is 23.9 Å². The molecule has 1 N–H and O–H groups in total. The molecular weight excluding hydrogens is 229 g/mol. The first kappa shape index (κ1) is 11.5. The van der Waals surface area contributed by atoms with Crippen LogP contribution in [0, 0.1) is 0 Å². The van der Waals surface area contributed by atoms with Crippen molar-refractivity contribution >= 4 is 12.6 Å². The van der Waals surface area contributed by atoms with Crippen molar-refractivity contribution in [1.29, 1.82) is 0 Å². The summed E-state index contributed by atoms with van der Waals surface area (Å²) in [5.74, 6) is 0.879. The van der Waals surface area contributed by atoms with E-state index < -0.39 is 7.12 Å². The van der Waals surface area contributed by atoms with Crippen LogP contribution in [-0.4, -0.2) is 23.9 Å². The molecule has 0 unspecified atom stereocenters. The summed E-state index contributed by atoms with van der Waals surface area (Å²) in [6, 6.07) is 8.08. The van der Waals surface area contributed by atoms with E-state index in [0.717, 1.165) is 30.5 Å². The Morgan fingerprint density at radius 1 is 1.28 bits per heavy atom. The molecule has 0 aliphatic carbocycles. The van der Waals surface area contributed by atoms with E-state index in [1.54, 1.807) is 6.20 Å². The number of hydrogen-bond acceptors (Lipinski definition) is 4. The summed E-state index contributed by atoms with van der Waals surface area (Å²) in [6.07, 6.45) is 4.21. The van der Waals surface area contributed by atoms with Crippen LogP contribution in [0.2, 0.25) is 0 Å². The Morgan fingerprint density at radius 2 is 2.22 bits per heavy atom. The summed E-state index contributed by atoms with van der Waals surface area (Å²) in [5.41, 5.74) is 3.25. The molecule has 1 aromatic carbocycles. The van der Waals surface area contributed by atoms with Crippen LogP contribution in [0.15, 0.2) is 35.0 Å². The minimum absolute atomic E-state index is 0.589. The molecule has 5 heteroatoms. The van der Waals surface area contributed by atoms with Gasteiger partial charge in [0.15, 0.2) is 0 Å². The van der Waals surface area contributed by atoms with Gasteiger partial charge in [0, 0.05) is 19.1 Å². The fourth-order valence-corrected chi connectivity index (χ4v) is 2.27. The van der Waals surface area contributed by atoms with Gasteiger partial charge in [0.25, 0.3) is 0 Å². The number of aromatic nitrogens is 1. The van der Waals surface area contributed by atoms with Crippen LogP contribution in [0.3, 0.4) is 0 Å². The molecule has 0 spiro atoms. The number of nitrogens with zero attached hydrogens (tertiary/aromatic N) is 1. The topological polar surface area (TPSA) is 55.5 Å². The minimum Gasteiger partial charge on any atom is -0.423 e. The molecule has 2 heterocycles. The Hall–Kier alpha value is -1.59. The molecule has 0 saturated heterocycles. The maximum Gasteiger partial charge on any atom is 0.491 e. The first-order valence-electron chi connectivity index (χ1n) is 6.14. The van der Waals surface area contributed by atoms with Gasteiger partial charge in [-0.3, -0.25) is 0 Å². The molecule has 0 bridgehead atoms.